The third-order valence-electron chi connectivity index (χ3n) is 3.02. The van der Waals surface area contributed by atoms with Crippen molar-refractivity contribution in [1.82, 2.24) is 4.90 Å². The van der Waals surface area contributed by atoms with Gasteiger partial charge in [0.1, 0.15) is 0 Å². The summed E-state index contributed by atoms with van der Waals surface area (Å²) in [6.45, 7) is 6.12. The van der Waals surface area contributed by atoms with Crippen LogP contribution >= 0.6 is 0 Å². The Labute approximate surface area is 103 Å². The van der Waals surface area contributed by atoms with E-state index in [1.165, 1.54) is 0 Å². The van der Waals surface area contributed by atoms with Crippen molar-refractivity contribution < 1.29 is 14.3 Å². The fourth-order valence-electron chi connectivity index (χ4n) is 2.17. The summed E-state index contributed by atoms with van der Waals surface area (Å²) >= 11 is 0. The number of nitrogens with zero attached hydrogens (tertiary/aromatic N) is 1. The number of likely N-dealkylation sites (tertiary alicyclic amines) is 1. The third-order valence-corrected chi connectivity index (χ3v) is 3.02. The van der Waals surface area contributed by atoms with E-state index >= 15 is 0 Å². The second-order valence-corrected chi connectivity index (χ2v) is 4.76. The van der Waals surface area contributed by atoms with Crippen LogP contribution in [0.25, 0.3) is 0 Å². The Bertz CT molecular complexity index is 265. The van der Waals surface area contributed by atoms with Crippen LogP contribution in [0.1, 0.15) is 46.0 Å². The Hall–Kier alpha value is -1.06. The van der Waals surface area contributed by atoms with Gasteiger partial charge in [0.25, 0.3) is 0 Å². The average Bonchev–Trinajstić information content (AvgIpc) is 2.57. The van der Waals surface area contributed by atoms with Crippen molar-refractivity contribution in [3.8, 4) is 0 Å². The summed E-state index contributed by atoms with van der Waals surface area (Å²) in [4.78, 5) is 24.5. The standard InChI is InChI=1S/C13H23NO3/c1-3-17-13(16)7-5-4-6-8-14-10-11(2)9-12(14)15/h11H,3-10H2,1-2H3. The molecule has 0 aromatic heterocycles. The molecule has 4 nitrogen and oxygen atoms in total. The maximum atomic E-state index is 11.5. The number of unbranched alkanes of at least 4 members (excludes halogenated alkanes) is 2. The fraction of sp³-hybridized carbons (Fsp3) is 0.846. The number of hydrogen-bond acceptors (Lipinski definition) is 3. The largest absolute Gasteiger partial charge is 0.466 e. The normalized spacial score (nSPS) is 19.8. The predicted octanol–water partition coefficient (Wildman–Crippen LogP) is 1.98. The minimum absolute atomic E-state index is 0.113. The van der Waals surface area contributed by atoms with Crippen LogP contribution in [-0.4, -0.2) is 36.5 Å². The van der Waals surface area contributed by atoms with Crippen molar-refractivity contribution in [3.05, 3.63) is 0 Å². The van der Waals surface area contributed by atoms with Gasteiger partial charge in [0.15, 0.2) is 0 Å². The van der Waals surface area contributed by atoms with Crippen molar-refractivity contribution in [2.24, 2.45) is 5.92 Å². The van der Waals surface area contributed by atoms with Crippen molar-refractivity contribution in [1.29, 1.82) is 0 Å². The SMILES string of the molecule is CCOC(=O)CCCCCN1CC(C)CC1=O. The lowest BCUT2D eigenvalue weighted by Gasteiger charge is -2.15. The van der Waals surface area contributed by atoms with E-state index in [-0.39, 0.29) is 11.9 Å². The number of ether oxygens (including phenoxy) is 1. The van der Waals surface area contributed by atoms with Crippen LogP contribution in [-0.2, 0) is 14.3 Å². The number of esters is 1. The van der Waals surface area contributed by atoms with Crippen LogP contribution in [0.3, 0.4) is 0 Å². The first-order valence-corrected chi connectivity index (χ1v) is 6.57. The van der Waals surface area contributed by atoms with Crippen LogP contribution in [0, 0.1) is 5.92 Å². The van der Waals surface area contributed by atoms with Crippen molar-refractivity contribution in [2.45, 2.75) is 46.0 Å². The summed E-state index contributed by atoms with van der Waals surface area (Å²) in [5.74, 6) is 0.670. The molecule has 1 saturated heterocycles. The smallest absolute Gasteiger partial charge is 0.305 e. The molecule has 98 valence electrons. The summed E-state index contributed by atoms with van der Waals surface area (Å²) in [7, 11) is 0. The molecule has 1 atom stereocenters. The molecule has 1 rings (SSSR count). The molecular weight excluding hydrogens is 218 g/mol. The predicted molar refractivity (Wildman–Crippen MR) is 65.5 cm³/mol. The molecular formula is C13H23NO3. The summed E-state index contributed by atoms with van der Waals surface area (Å²) in [5, 5.41) is 0. The van der Waals surface area contributed by atoms with Gasteiger partial charge in [-0.3, -0.25) is 9.59 Å². The lowest BCUT2D eigenvalue weighted by molar-refractivity contribution is -0.143. The quantitative estimate of drug-likeness (QED) is 0.506. The number of carbonyl (C=O) groups excluding carboxylic acids is 2. The number of rotatable bonds is 7. The first kappa shape index (κ1) is 14.0. The average molecular weight is 241 g/mol. The topological polar surface area (TPSA) is 46.6 Å². The van der Waals surface area contributed by atoms with Crippen LogP contribution < -0.4 is 0 Å². The Morgan fingerprint density at radius 3 is 2.76 bits per heavy atom. The molecule has 1 aliphatic heterocycles. The molecule has 0 saturated carbocycles. The van der Waals surface area contributed by atoms with Gasteiger partial charge in [-0.1, -0.05) is 13.3 Å². The molecule has 0 aromatic carbocycles. The zero-order chi connectivity index (χ0) is 12.7. The van der Waals surface area contributed by atoms with Crippen LogP contribution in [0.5, 0.6) is 0 Å². The molecule has 1 unspecified atom stereocenters. The Morgan fingerprint density at radius 2 is 2.18 bits per heavy atom. The monoisotopic (exact) mass is 241 g/mol. The lowest BCUT2D eigenvalue weighted by atomic mass is 10.2. The first-order chi connectivity index (χ1) is 8.13. The van der Waals surface area contributed by atoms with Gasteiger partial charge >= 0.3 is 5.97 Å². The second kappa shape index (κ2) is 7.30. The molecule has 4 heteroatoms. The van der Waals surface area contributed by atoms with E-state index in [1.807, 2.05) is 11.8 Å². The highest BCUT2D eigenvalue weighted by Crippen LogP contribution is 2.17. The molecule has 0 spiro atoms. The minimum Gasteiger partial charge on any atom is -0.466 e. The Morgan fingerprint density at radius 1 is 1.41 bits per heavy atom. The van der Waals surface area contributed by atoms with E-state index < -0.39 is 0 Å². The third kappa shape index (κ3) is 5.20. The molecule has 1 aliphatic rings. The van der Waals surface area contributed by atoms with E-state index in [4.69, 9.17) is 4.74 Å². The molecule has 0 radical (unpaired) electrons. The number of hydrogen-bond donors (Lipinski definition) is 0. The molecule has 1 heterocycles. The van der Waals surface area contributed by atoms with Crippen molar-refractivity contribution in [2.75, 3.05) is 19.7 Å². The maximum absolute atomic E-state index is 11.5. The van der Waals surface area contributed by atoms with Crippen molar-refractivity contribution >= 4 is 11.9 Å². The Kier molecular flexibility index (Phi) is 6.01. The highest BCUT2D eigenvalue weighted by Gasteiger charge is 2.25. The van der Waals surface area contributed by atoms with Crippen LogP contribution in [0.4, 0.5) is 0 Å². The van der Waals surface area contributed by atoms with E-state index in [1.54, 1.807) is 0 Å². The van der Waals surface area contributed by atoms with E-state index in [0.29, 0.717) is 25.4 Å². The molecule has 0 aliphatic carbocycles. The zero-order valence-electron chi connectivity index (χ0n) is 10.9. The summed E-state index contributed by atoms with van der Waals surface area (Å²) in [5.41, 5.74) is 0. The number of amides is 1. The van der Waals surface area contributed by atoms with Gasteiger partial charge in [0, 0.05) is 25.9 Å². The maximum Gasteiger partial charge on any atom is 0.305 e. The summed E-state index contributed by atoms with van der Waals surface area (Å²) in [6.07, 6.45) is 4.02. The van der Waals surface area contributed by atoms with Gasteiger partial charge in [-0.25, -0.2) is 0 Å². The zero-order valence-corrected chi connectivity index (χ0v) is 10.9. The van der Waals surface area contributed by atoms with Gasteiger partial charge in [0.2, 0.25) is 5.91 Å². The molecule has 1 fully saturated rings. The van der Waals surface area contributed by atoms with Gasteiger partial charge < -0.3 is 9.64 Å². The molecule has 0 bridgehead atoms. The molecule has 17 heavy (non-hydrogen) atoms. The minimum atomic E-state index is -0.113. The molecule has 0 N–H and O–H groups in total. The lowest BCUT2D eigenvalue weighted by Crippen LogP contribution is -2.26. The Balaban J connectivity index is 2.01. The van der Waals surface area contributed by atoms with Gasteiger partial charge in [-0.15, -0.1) is 0 Å². The first-order valence-electron chi connectivity index (χ1n) is 6.57. The van der Waals surface area contributed by atoms with Crippen LogP contribution in [0.2, 0.25) is 0 Å². The van der Waals surface area contributed by atoms with E-state index in [2.05, 4.69) is 6.92 Å². The number of carbonyl (C=O) groups is 2. The molecule has 0 aromatic rings. The van der Waals surface area contributed by atoms with Gasteiger partial charge in [0.05, 0.1) is 6.61 Å². The van der Waals surface area contributed by atoms with E-state index in [0.717, 1.165) is 32.4 Å². The molecule has 1 amide bonds. The highest BCUT2D eigenvalue weighted by atomic mass is 16.5. The highest BCUT2D eigenvalue weighted by molar-refractivity contribution is 5.78. The van der Waals surface area contributed by atoms with E-state index in [9.17, 15) is 9.59 Å². The van der Waals surface area contributed by atoms with Gasteiger partial charge in [-0.2, -0.15) is 0 Å². The van der Waals surface area contributed by atoms with Crippen molar-refractivity contribution in [3.63, 3.8) is 0 Å². The van der Waals surface area contributed by atoms with Gasteiger partial charge in [-0.05, 0) is 25.7 Å². The summed E-state index contributed by atoms with van der Waals surface area (Å²) < 4.78 is 4.85. The van der Waals surface area contributed by atoms with Crippen LogP contribution in [0.15, 0.2) is 0 Å². The summed E-state index contributed by atoms with van der Waals surface area (Å²) in [6, 6.07) is 0. The fourth-order valence-corrected chi connectivity index (χ4v) is 2.17. The second-order valence-electron chi connectivity index (χ2n) is 4.76.